The van der Waals surface area contributed by atoms with Crippen molar-refractivity contribution in [2.75, 3.05) is 18.9 Å². The number of nitrogens with one attached hydrogen (secondary N) is 2. The molecular weight excluding hydrogens is 190 g/mol. The van der Waals surface area contributed by atoms with Gasteiger partial charge in [-0.2, -0.15) is 0 Å². The molecule has 15 heavy (non-hydrogen) atoms. The summed E-state index contributed by atoms with van der Waals surface area (Å²) in [5.74, 6) is 1.45. The monoisotopic (exact) mass is 205 g/mol. The van der Waals surface area contributed by atoms with Gasteiger partial charge in [0.1, 0.15) is 5.82 Å². The van der Waals surface area contributed by atoms with E-state index in [1.54, 1.807) is 25.4 Å². The van der Waals surface area contributed by atoms with Crippen LogP contribution in [0.2, 0.25) is 0 Å². The SMILES string of the molecule is CNc1ccc(C(=O)NCC2CC2)cn1. The van der Waals surface area contributed by atoms with Crippen molar-refractivity contribution in [3.63, 3.8) is 0 Å². The summed E-state index contributed by atoms with van der Waals surface area (Å²) >= 11 is 0. The molecule has 0 saturated heterocycles. The zero-order valence-corrected chi connectivity index (χ0v) is 8.79. The third kappa shape index (κ3) is 2.68. The van der Waals surface area contributed by atoms with Gasteiger partial charge in [0.2, 0.25) is 0 Å². The molecule has 0 atom stereocenters. The standard InChI is InChI=1S/C11H15N3O/c1-12-10-5-4-9(7-13-10)11(15)14-6-8-2-3-8/h4-5,7-8H,2-3,6H2,1H3,(H,12,13)(H,14,15). The average molecular weight is 205 g/mol. The molecule has 80 valence electrons. The highest BCUT2D eigenvalue weighted by atomic mass is 16.1. The Kier molecular flexibility index (Phi) is 2.85. The molecule has 1 aliphatic carbocycles. The van der Waals surface area contributed by atoms with E-state index in [4.69, 9.17) is 0 Å². The van der Waals surface area contributed by atoms with Gasteiger partial charge in [0.15, 0.2) is 0 Å². The van der Waals surface area contributed by atoms with Gasteiger partial charge in [-0.3, -0.25) is 4.79 Å². The van der Waals surface area contributed by atoms with Gasteiger partial charge in [-0.1, -0.05) is 0 Å². The summed E-state index contributed by atoms with van der Waals surface area (Å²) in [6, 6.07) is 3.58. The molecule has 2 rings (SSSR count). The Morgan fingerprint density at radius 3 is 2.87 bits per heavy atom. The lowest BCUT2D eigenvalue weighted by Crippen LogP contribution is -2.25. The molecule has 0 bridgehead atoms. The number of hydrogen-bond acceptors (Lipinski definition) is 3. The molecule has 0 aromatic carbocycles. The first kappa shape index (κ1) is 9.96. The normalized spacial score (nSPS) is 14.7. The first-order chi connectivity index (χ1) is 7.29. The number of rotatable bonds is 4. The predicted molar refractivity (Wildman–Crippen MR) is 58.8 cm³/mol. The fourth-order valence-corrected chi connectivity index (χ4v) is 1.34. The largest absolute Gasteiger partial charge is 0.373 e. The van der Waals surface area contributed by atoms with E-state index in [-0.39, 0.29) is 5.91 Å². The van der Waals surface area contributed by atoms with Gasteiger partial charge in [0.05, 0.1) is 5.56 Å². The molecule has 0 aliphatic heterocycles. The molecular formula is C11H15N3O. The number of nitrogens with zero attached hydrogens (tertiary/aromatic N) is 1. The molecule has 2 N–H and O–H groups in total. The summed E-state index contributed by atoms with van der Waals surface area (Å²) in [5, 5.41) is 5.81. The van der Waals surface area contributed by atoms with E-state index in [1.165, 1.54) is 12.8 Å². The highest BCUT2D eigenvalue weighted by Crippen LogP contribution is 2.27. The van der Waals surface area contributed by atoms with Gasteiger partial charge < -0.3 is 10.6 Å². The van der Waals surface area contributed by atoms with E-state index in [1.807, 2.05) is 0 Å². The molecule has 1 aromatic heterocycles. The minimum atomic E-state index is -0.0305. The highest BCUT2D eigenvalue weighted by molar-refractivity contribution is 5.94. The van der Waals surface area contributed by atoms with Gasteiger partial charge >= 0.3 is 0 Å². The van der Waals surface area contributed by atoms with Crippen molar-refractivity contribution in [1.29, 1.82) is 0 Å². The van der Waals surface area contributed by atoms with E-state index in [0.29, 0.717) is 11.5 Å². The maximum Gasteiger partial charge on any atom is 0.252 e. The maximum absolute atomic E-state index is 11.6. The Labute approximate surface area is 89.1 Å². The van der Waals surface area contributed by atoms with Crippen LogP contribution in [0.4, 0.5) is 5.82 Å². The second-order valence-electron chi connectivity index (χ2n) is 3.84. The fraction of sp³-hybridized carbons (Fsp3) is 0.455. The lowest BCUT2D eigenvalue weighted by atomic mass is 10.2. The van der Waals surface area contributed by atoms with Crippen LogP contribution in [0.1, 0.15) is 23.2 Å². The van der Waals surface area contributed by atoms with Crippen LogP contribution < -0.4 is 10.6 Å². The number of pyridine rings is 1. The van der Waals surface area contributed by atoms with Gasteiger partial charge in [-0.05, 0) is 30.9 Å². The summed E-state index contributed by atoms with van der Waals surface area (Å²) < 4.78 is 0. The first-order valence-electron chi connectivity index (χ1n) is 5.21. The summed E-state index contributed by atoms with van der Waals surface area (Å²) in [5.41, 5.74) is 0.620. The van der Waals surface area contributed by atoms with E-state index >= 15 is 0 Å². The van der Waals surface area contributed by atoms with Crippen molar-refractivity contribution in [3.8, 4) is 0 Å². The third-order valence-corrected chi connectivity index (χ3v) is 2.53. The second-order valence-corrected chi connectivity index (χ2v) is 3.84. The van der Waals surface area contributed by atoms with Crippen molar-refractivity contribution in [2.45, 2.75) is 12.8 Å². The summed E-state index contributed by atoms with van der Waals surface area (Å²) in [6.45, 7) is 0.798. The minimum Gasteiger partial charge on any atom is -0.373 e. The molecule has 4 heteroatoms. The molecule has 1 aromatic rings. The Hall–Kier alpha value is -1.58. The van der Waals surface area contributed by atoms with Gasteiger partial charge in [0.25, 0.3) is 5.91 Å². The summed E-state index contributed by atoms with van der Waals surface area (Å²) in [6.07, 6.45) is 4.09. The topological polar surface area (TPSA) is 54.0 Å². The number of amides is 1. The van der Waals surface area contributed by atoms with Crippen molar-refractivity contribution in [2.24, 2.45) is 5.92 Å². The first-order valence-corrected chi connectivity index (χ1v) is 5.21. The quantitative estimate of drug-likeness (QED) is 0.778. The van der Waals surface area contributed by atoms with Crippen molar-refractivity contribution < 1.29 is 4.79 Å². The average Bonchev–Trinajstić information content (AvgIpc) is 3.10. The lowest BCUT2D eigenvalue weighted by molar-refractivity contribution is 0.0951. The molecule has 0 radical (unpaired) electrons. The van der Waals surface area contributed by atoms with Crippen molar-refractivity contribution in [3.05, 3.63) is 23.9 Å². The Balaban J connectivity index is 1.91. The molecule has 1 fully saturated rings. The van der Waals surface area contributed by atoms with Crippen LogP contribution in [-0.4, -0.2) is 24.5 Å². The fourth-order valence-electron chi connectivity index (χ4n) is 1.34. The van der Waals surface area contributed by atoms with Crippen LogP contribution in [0.5, 0.6) is 0 Å². The minimum absolute atomic E-state index is 0.0305. The van der Waals surface area contributed by atoms with Crippen LogP contribution >= 0.6 is 0 Å². The molecule has 0 unspecified atom stereocenters. The van der Waals surface area contributed by atoms with E-state index in [2.05, 4.69) is 15.6 Å². The predicted octanol–water partition coefficient (Wildman–Crippen LogP) is 1.26. The molecule has 0 spiro atoms. The number of aromatic nitrogens is 1. The molecule has 1 saturated carbocycles. The van der Waals surface area contributed by atoms with Crippen LogP contribution in [0, 0.1) is 5.92 Å². The Bertz CT molecular complexity index is 343. The number of carbonyl (C=O) groups excluding carboxylic acids is 1. The van der Waals surface area contributed by atoms with Crippen molar-refractivity contribution >= 4 is 11.7 Å². The van der Waals surface area contributed by atoms with Gasteiger partial charge in [-0.15, -0.1) is 0 Å². The van der Waals surface area contributed by atoms with E-state index < -0.39 is 0 Å². The molecule has 1 amide bonds. The highest BCUT2D eigenvalue weighted by Gasteiger charge is 2.21. The maximum atomic E-state index is 11.6. The van der Waals surface area contributed by atoms with E-state index in [9.17, 15) is 4.79 Å². The number of carbonyl (C=O) groups is 1. The zero-order valence-electron chi connectivity index (χ0n) is 8.79. The van der Waals surface area contributed by atoms with Crippen LogP contribution in [0.25, 0.3) is 0 Å². The third-order valence-electron chi connectivity index (χ3n) is 2.53. The van der Waals surface area contributed by atoms with Gasteiger partial charge in [-0.25, -0.2) is 4.98 Å². The summed E-state index contributed by atoms with van der Waals surface area (Å²) in [4.78, 5) is 15.7. The number of anilines is 1. The second kappa shape index (κ2) is 4.29. The van der Waals surface area contributed by atoms with E-state index in [0.717, 1.165) is 12.4 Å². The smallest absolute Gasteiger partial charge is 0.252 e. The molecule has 1 aliphatic rings. The number of hydrogen-bond donors (Lipinski definition) is 2. The molecule has 4 nitrogen and oxygen atoms in total. The Morgan fingerprint density at radius 1 is 1.53 bits per heavy atom. The molecule has 1 heterocycles. The lowest BCUT2D eigenvalue weighted by Gasteiger charge is -2.04. The van der Waals surface area contributed by atoms with Crippen molar-refractivity contribution in [1.82, 2.24) is 10.3 Å². The zero-order chi connectivity index (χ0) is 10.7. The summed E-state index contributed by atoms with van der Waals surface area (Å²) in [7, 11) is 1.80. The van der Waals surface area contributed by atoms with Crippen LogP contribution in [0.3, 0.4) is 0 Å². The van der Waals surface area contributed by atoms with Crippen LogP contribution in [0.15, 0.2) is 18.3 Å². The van der Waals surface area contributed by atoms with Crippen LogP contribution in [-0.2, 0) is 0 Å². The van der Waals surface area contributed by atoms with Gasteiger partial charge in [0, 0.05) is 19.8 Å². The Morgan fingerprint density at radius 2 is 2.33 bits per heavy atom.